The number of rotatable bonds is 6. The van der Waals surface area contributed by atoms with Crippen LogP contribution in [-0.4, -0.2) is 31.6 Å². The van der Waals surface area contributed by atoms with Gasteiger partial charge in [0, 0.05) is 35.1 Å². The molecule has 36 heavy (non-hydrogen) atoms. The van der Waals surface area contributed by atoms with Crippen LogP contribution >= 0.6 is 0 Å². The number of nitrogen functional groups attached to an aromatic ring is 1. The number of fused-ring (bicyclic) bond motifs is 1. The minimum Gasteiger partial charge on any atom is -0.398 e. The number of nitrogens with zero attached hydrogens (tertiary/aromatic N) is 4. The first-order valence-corrected chi connectivity index (χ1v) is 13.1. The third-order valence-corrected chi connectivity index (χ3v) is 7.66. The largest absolute Gasteiger partial charge is 0.398 e. The summed E-state index contributed by atoms with van der Waals surface area (Å²) in [5.74, 6) is 1.37. The fourth-order valence-corrected chi connectivity index (χ4v) is 5.59. The number of benzene rings is 2. The van der Waals surface area contributed by atoms with E-state index < -0.39 is 0 Å². The zero-order chi connectivity index (χ0) is 24.5. The van der Waals surface area contributed by atoms with Gasteiger partial charge in [0.05, 0.1) is 6.33 Å². The van der Waals surface area contributed by atoms with Crippen LogP contribution in [0.4, 0.5) is 23.1 Å². The molecule has 2 fully saturated rings. The summed E-state index contributed by atoms with van der Waals surface area (Å²) in [6.07, 6.45) is 10.9. The molecule has 0 bridgehead atoms. The molecule has 0 amide bonds. The Morgan fingerprint density at radius 1 is 0.861 bits per heavy atom. The lowest BCUT2D eigenvalue weighted by molar-refractivity contribution is 0.410. The smallest absolute Gasteiger partial charge is 0.227 e. The van der Waals surface area contributed by atoms with E-state index in [2.05, 4.69) is 39.5 Å². The third kappa shape index (κ3) is 4.60. The molecule has 2 heterocycles. The van der Waals surface area contributed by atoms with Crippen LogP contribution in [0.1, 0.15) is 57.4 Å². The lowest BCUT2D eigenvalue weighted by Gasteiger charge is -2.27. The van der Waals surface area contributed by atoms with Crippen LogP contribution in [0.15, 0.2) is 54.9 Å². The van der Waals surface area contributed by atoms with Crippen LogP contribution in [0.5, 0.6) is 0 Å². The van der Waals surface area contributed by atoms with Crippen molar-refractivity contribution in [1.82, 2.24) is 19.5 Å². The molecule has 2 aliphatic carbocycles. The van der Waals surface area contributed by atoms with Gasteiger partial charge in [0.2, 0.25) is 5.95 Å². The van der Waals surface area contributed by atoms with Gasteiger partial charge in [-0.3, -0.25) is 0 Å². The number of hydrogen-bond acceptors (Lipinski definition) is 7. The van der Waals surface area contributed by atoms with Gasteiger partial charge < -0.3 is 26.7 Å². The Balaban J connectivity index is 1.32. The van der Waals surface area contributed by atoms with Crippen molar-refractivity contribution in [3.05, 3.63) is 54.9 Å². The zero-order valence-electron chi connectivity index (χ0n) is 20.5. The highest BCUT2D eigenvalue weighted by Gasteiger charge is 2.24. The minimum atomic E-state index is 0.307. The van der Waals surface area contributed by atoms with Gasteiger partial charge in [-0.15, -0.1) is 0 Å². The lowest BCUT2D eigenvalue weighted by Crippen LogP contribution is -2.33. The Morgan fingerprint density at radius 3 is 2.36 bits per heavy atom. The van der Waals surface area contributed by atoms with E-state index in [9.17, 15) is 0 Å². The summed E-state index contributed by atoms with van der Waals surface area (Å²) in [5, 5.41) is 7.10. The molecule has 6 rings (SSSR count). The first-order valence-electron chi connectivity index (χ1n) is 13.1. The third-order valence-electron chi connectivity index (χ3n) is 7.66. The molecular weight excluding hydrogens is 448 g/mol. The summed E-state index contributed by atoms with van der Waals surface area (Å²) in [5.41, 5.74) is 17.8. The molecule has 0 spiro atoms. The Morgan fingerprint density at radius 2 is 1.61 bits per heavy atom. The van der Waals surface area contributed by atoms with Crippen LogP contribution in [0.2, 0.25) is 0 Å². The number of nitrogens with two attached hydrogens (primary N) is 2. The van der Waals surface area contributed by atoms with Crippen LogP contribution < -0.4 is 22.1 Å². The highest BCUT2D eigenvalue weighted by Crippen LogP contribution is 2.34. The number of aromatic nitrogens is 4. The summed E-state index contributed by atoms with van der Waals surface area (Å²) >= 11 is 0. The first-order chi connectivity index (χ1) is 17.6. The molecule has 0 aliphatic heterocycles. The van der Waals surface area contributed by atoms with Gasteiger partial charge in [-0.25, -0.2) is 4.98 Å². The normalized spacial score (nSPS) is 20.6. The van der Waals surface area contributed by atoms with E-state index in [1.807, 2.05) is 30.6 Å². The summed E-state index contributed by atoms with van der Waals surface area (Å²) < 4.78 is 2.25. The van der Waals surface area contributed by atoms with Gasteiger partial charge in [0.15, 0.2) is 17.0 Å². The Hall–Kier alpha value is -3.65. The van der Waals surface area contributed by atoms with Crippen molar-refractivity contribution >= 4 is 34.3 Å². The van der Waals surface area contributed by atoms with Gasteiger partial charge in [-0.2, -0.15) is 9.97 Å². The second-order valence-corrected chi connectivity index (χ2v) is 10.2. The van der Waals surface area contributed by atoms with E-state index in [1.54, 1.807) is 0 Å². The summed E-state index contributed by atoms with van der Waals surface area (Å²) in [6, 6.07) is 17.3. The van der Waals surface area contributed by atoms with Gasteiger partial charge in [0.25, 0.3) is 0 Å². The predicted molar refractivity (Wildman–Crippen MR) is 146 cm³/mol. The second kappa shape index (κ2) is 9.78. The first kappa shape index (κ1) is 22.8. The molecule has 2 aliphatic rings. The fourth-order valence-electron chi connectivity index (χ4n) is 5.59. The van der Waals surface area contributed by atoms with Gasteiger partial charge >= 0.3 is 0 Å². The van der Waals surface area contributed by atoms with E-state index in [-0.39, 0.29) is 0 Å². The molecule has 4 aromatic rings. The number of anilines is 4. The van der Waals surface area contributed by atoms with Crippen molar-refractivity contribution in [2.75, 3.05) is 16.4 Å². The lowest BCUT2D eigenvalue weighted by atomic mass is 9.92. The number of para-hydroxylation sites is 1. The molecule has 0 radical (unpaired) electrons. The van der Waals surface area contributed by atoms with E-state index in [1.165, 1.54) is 25.7 Å². The molecule has 2 saturated carbocycles. The topological polar surface area (TPSA) is 120 Å². The number of imidazole rings is 1. The van der Waals surface area contributed by atoms with Crippen molar-refractivity contribution in [3.63, 3.8) is 0 Å². The van der Waals surface area contributed by atoms with E-state index in [0.717, 1.165) is 65.2 Å². The predicted octanol–water partition coefficient (Wildman–Crippen LogP) is 5.62. The maximum absolute atomic E-state index is 6.17. The second-order valence-electron chi connectivity index (χ2n) is 10.2. The summed E-state index contributed by atoms with van der Waals surface area (Å²) in [4.78, 5) is 14.6. The maximum Gasteiger partial charge on any atom is 0.227 e. The van der Waals surface area contributed by atoms with E-state index in [4.69, 9.17) is 26.4 Å². The zero-order valence-corrected chi connectivity index (χ0v) is 20.5. The van der Waals surface area contributed by atoms with Crippen molar-refractivity contribution < 1.29 is 0 Å². The van der Waals surface area contributed by atoms with Crippen molar-refractivity contribution in [2.45, 2.75) is 69.5 Å². The number of nitrogens with one attached hydrogen (secondary N) is 2. The van der Waals surface area contributed by atoms with Crippen LogP contribution in [0.25, 0.3) is 22.3 Å². The molecule has 8 nitrogen and oxygen atoms in total. The molecule has 186 valence electrons. The molecule has 0 saturated heterocycles. The maximum atomic E-state index is 6.17. The van der Waals surface area contributed by atoms with E-state index in [0.29, 0.717) is 24.1 Å². The molecule has 2 aromatic carbocycles. The van der Waals surface area contributed by atoms with Gasteiger partial charge in [-0.1, -0.05) is 43.2 Å². The molecule has 0 unspecified atom stereocenters. The van der Waals surface area contributed by atoms with Crippen LogP contribution in [-0.2, 0) is 0 Å². The van der Waals surface area contributed by atoms with Crippen LogP contribution in [0, 0.1) is 0 Å². The molecular formula is C28H34N8. The molecule has 2 aromatic heterocycles. The van der Waals surface area contributed by atoms with Gasteiger partial charge in [0.1, 0.15) is 0 Å². The Kier molecular flexibility index (Phi) is 6.19. The summed E-state index contributed by atoms with van der Waals surface area (Å²) in [7, 11) is 0. The highest BCUT2D eigenvalue weighted by atomic mass is 15.2. The molecule has 6 N–H and O–H groups in total. The minimum absolute atomic E-state index is 0.307. The average Bonchev–Trinajstić information content (AvgIpc) is 3.57. The SMILES string of the molecule is Nc1ccccc1-c1ccc(Nc2nc(NC3CCC(N)CC3)nc3c2ncn3C2CCCC2)cc1. The van der Waals surface area contributed by atoms with E-state index >= 15 is 0 Å². The van der Waals surface area contributed by atoms with Gasteiger partial charge in [-0.05, 0) is 62.3 Å². The average molecular weight is 483 g/mol. The molecule has 8 heteroatoms. The summed E-state index contributed by atoms with van der Waals surface area (Å²) in [6.45, 7) is 0. The Labute approximate surface area is 211 Å². The monoisotopic (exact) mass is 482 g/mol. The fraction of sp³-hybridized carbons (Fsp3) is 0.393. The highest BCUT2D eigenvalue weighted by molar-refractivity contribution is 5.87. The quantitative estimate of drug-likeness (QED) is 0.263. The van der Waals surface area contributed by atoms with Crippen molar-refractivity contribution in [3.8, 4) is 11.1 Å². The standard InChI is InChI=1S/C28H34N8/c29-19-11-15-21(16-12-19)33-28-34-26(25-27(35-28)36(17-31-25)22-5-1-2-6-22)32-20-13-9-18(10-14-20)23-7-3-4-8-24(23)30/h3-4,7-10,13-14,17,19,21-22H,1-2,5-6,11-12,15-16,29-30H2,(H2,32,33,34,35). The number of hydrogen-bond donors (Lipinski definition) is 4. The van der Waals surface area contributed by atoms with Crippen molar-refractivity contribution in [1.29, 1.82) is 0 Å². The van der Waals surface area contributed by atoms with Crippen molar-refractivity contribution in [2.24, 2.45) is 5.73 Å². The Bertz CT molecular complexity index is 1330. The molecule has 0 atom stereocenters. The van der Waals surface area contributed by atoms with Crippen LogP contribution in [0.3, 0.4) is 0 Å².